The summed E-state index contributed by atoms with van der Waals surface area (Å²) in [6.07, 6.45) is 3.89. The third kappa shape index (κ3) is 4.21. The topological polar surface area (TPSA) is 78.4 Å². The van der Waals surface area contributed by atoms with E-state index in [9.17, 15) is 14.7 Å². The molecule has 0 atom stereocenters. The molecule has 0 unspecified atom stereocenters. The van der Waals surface area contributed by atoms with Crippen molar-refractivity contribution in [3.8, 4) is 0 Å². The molecule has 1 aromatic carbocycles. The molecule has 1 aliphatic carbocycles. The number of carbonyl (C=O) groups is 2. The van der Waals surface area contributed by atoms with Gasteiger partial charge < -0.3 is 15.7 Å². The summed E-state index contributed by atoms with van der Waals surface area (Å²) in [5.41, 5.74) is 0.395. The number of hydrogen-bond donors (Lipinski definition) is 3. The summed E-state index contributed by atoms with van der Waals surface area (Å²) < 4.78 is 0. The lowest BCUT2D eigenvalue weighted by molar-refractivity contribution is -0.148. The first kappa shape index (κ1) is 15.4. The van der Waals surface area contributed by atoms with Crippen molar-refractivity contribution in [1.29, 1.82) is 0 Å². The van der Waals surface area contributed by atoms with E-state index in [4.69, 9.17) is 0 Å². The average Bonchev–Trinajstić information content (AvgIpc) is 2.96. The maximum atomic E-state index is 11.7. The highest BCUT2D eigenvalue weighted by atomic mass is 16.4. The van der Waals surface area contributed by atoms with Crippen LogP contribution in [0.15, 0.2) is 30.3 Å². The first-order valence-corrected chi connectivity index (χ1v) is 7.41. The van der Waals surface area contributed by atoms with Crippen molar-refractivity contribution < 1.29 is 14.7 Å². The highest BCUT2D eigenvalue weighted by molar-refractivity contribution is 5.78. The van der Waals surface area contributed by atoms with Crippen molar-refractivity contribution >= 4 is 12.0 Å². The van der Waals surface area contributed by atoms with Crippen LogP contribution in [0.3, 0.4) is 0 Å². The molecule has 0 spiro atoms. The standard InChI is InChI=1S/C16H22N2O3/c19-14(20)16(9-4-5-10-16)12-18-15(21)17-11-8-13-6-2-1-3-7-13/h1-3,6-7H,4-5,8-12H2,(H,19,20)(H2,17,18,21). The second-order valence-corrected chi connectivity index (χ2v) is 5.64. The lowest BCUT2D eigenvalue weighted by Crippen LogP contribution is -2.45. The van der Waals surface area contributed by atoms with Crippen LogP contribution < -0.4 is 10.6 Å². The van der Waals surface area contributed by atoms with Crippen LogP contribution in [0.5, 0.6) is 0 Å². The second-order valence-electron chi connectivity index (χ2n) is 5.64. The zero-order valence-corrected chi connectivity index (χ0v) is 12.1. The fourth-order valence-corrected chi connectivity index (χ4v) is 2.80. The molecule has 3 N–H and O–H groups in total. The zero-order chi connectivity index (χ0) is 15.1. The second kappa shape index (κ2) is 7.11. The first-order chi connectivity index (χ1) is 10.1. The number of hydrogen-bond acceptors (Lipinski definition) is 2. The van der Waals surface area contributed by atoms with Gasteiger partial charge >= 0.3 is 12.0 Å². The Balaban J connectivity index is 1.71. The van der Waals surface area contributed by atoms with Gasteiger partial charge in [0.05, 0.1) is 5.41 Å². The fraction of sp³-hybridized carbons (Fsp3) is 0.500. The molecular formula is C16H22N2O3. The van der Waals surface area contributed by atoms with Gasteiger partial charge in [-0.15, -0.1) is 0 Å². The van der Waals surface area contributed by atoms with Gasteiger partial charge in [0.1, 0.15) is 0 Å². The Morgan fingerprint density at radius 1 is 1.10 bits per heavy atom. The van der Waals surface area contributed by atoms with Crippen LogP contribution in [0.4, 0.5) is 4.79 Å². The third-order valence-electron chi connectivity index (χ3n) is 4.14. The number of benzene rings is 1. The van der Waals surface area contributed by atoms with E-state index in [-0.39, 0.29) is 12.6 Å². The van der Waals surface area contributed by atoms with Crippen LogP contribution in [-0.4, -0.2) is 30.2 Å². The van der Waals surface area contributed by atoms with Crippen molar-refractivity contribution in [2.45, 2.75) is 32.1 Å². The van der Waals surface area contributed by atoms with Crippen LogP contribution in [0, 0.1) is 5.41 Å². The summed E-state index contributed by atoms with van der Waals surface area (Å²) in [6, 6.07) is 9.61. The van der Waals surface area contributed by atoms with E-state index in [2.05, 4.69) is 10.6 Å². The van der Waals surface area contributed by atoms with Gasteiger partial charge in [0.2, 0.25) is 0 Å². The van der Waals surface area contributed by atoms with E-state index in [0.717, 1.165) is 24.8 Å². The van der Waals surface area contributed by atoms with Crippen LogP contribution in [0.1, 0.15) is 31.2 Å². The predicted molar refractivity (Wildman–Crippen MR) is 80.1 cm³/mol. The largest absolute Gasteiger partial charge is 0.481 e. The summed E-state index contributed by atoms with van der Waals surface area (Å²) in [4.78, 5) is 23.1. The van der Waals surface area contributed by atoms with Crippen molar-refractivity contribution in [2.75, 3.05) is 13.1 Å². The van der Waals surface area contributed by atoms with Gasteiger partial charge in [-0.1, -0.05) is 43.2 Å². The van der Waals surface area contributed by atoms with Crippen molar-refractivity contribution in [1.82, 2.24) is 10.6 Å². The Kier molecular flexibility index (Phi) is 5.20. The Hall–Kier alpha value is -2.04. The van der Waals surface area contributed by atoms with Crippen molar-refractivity contribution in [2.24, 2.45) is 5.41 Å². The van der Waals surface area contributed by atoms with Crippen LogP contribution in [0.2, 0.25) is 0 Å². The third-order valence-corrected chi connectivity index (χ3v) is 4.14. The molecule has 0 aromatic heterocycles. The van der Waals surface area contributed by atoms with Gasteiger partial charge in [0, 0.05) is 13.1 Å². The number of amides is 2. The predicted octanol–water partition coefficient (Wildman–Crippen LogP) is 2.17. The van der Waals surface area contributed by atoms with Crippen LogP contribution >= 0.6 is 0 Å². The minimum atomic E-state index is -0.801. The highest BCUT2D eigenvalue weighted by Gasteiger charge is 2.41. The van der Waals surface area contributed by atoms with Gasteiger partial charge in [0.15, 0.2) is 0 Å². The molecule has 5 heteroatoms. The Morgan fingerprint density at radius 3 is 2.38 bits per heavy atom. The quantitative estimate of drug-likeness (QED) is 0.751. The molecule has 0 bridgehead atoms. The molecule has 0 saturated heterocycles. The summed E-state index contributed by atoms with van der Waals surface area (Å²) in [5.74, 6) is -0.801. The van der Waals surface area contributed by atoms with E-state index in [0.29, 0.717) is 19.4 Å². The summed E-state index contributed by atoms with van der Waals surface area (Å²) >= 11 is 0. The SMILES string of the molecule is O=C(NCCc1ccccc1)NCC1(C(=O)O)CCCC1. The van der Waals surface area contributed by atoms with E-state index in [1.54, 1.807) is 0 Å². The molecule has 1 aromatic rings. The van der Waals surface area contributed by atoms with Gasteiger partial charge in [0.25, 0.3) is 0 Å². The molecule has 5 nitrogen and oxygen atoms in total. The number of carbonyl (C=O) groups excluding carboxylic acids is 1. The van der Waals surface area contributed by atoms with Gasteiger partial charge in [-0.05, 0) is 24.8 Å². The molecule has 1 aliphatic rings. The Labute approximate surface area is 124 Å². The molecule has 2 amide bonds. The van der Waals surface area contributed by atoms with E-state index >= 15 is 0 Å². The highest BCUT2D eigenvalue weighted by Crippen LogP contribution is 2.37. The molecule has 0 aliphatic heterocycles. The zero-order valence-electron chi connectivity index (χ0n) is 12.1. The molecule has 0 heterocycles. The van der Waals surface area contributed by atoms with Crippen LogP contribution in [0.25, 0.3) is 0 Å². The van der Waals surface area contributed by atoms with Crippen molar-refractivity contribution in [3.63, 3.8) is 0 Å². The van der Waals surface area contributed by atoms with Crippen molar-refractivity contribution in [3.05, 3.63) is 35.9 Å². The molecule has 0 radical (unpaired) electrons. The number of carboxylic acid groups (broad SMARTS) is 1. The molecule has 21 heavy (non-hydrogen) atoms. The fourth-order valence-electron chi connectivity index (χ4n) is 2.80. The van der Waals surface area contributed by atoms with E-state index in [1.165, 1.54) is 0 Å². The van der Waals surface area contributed by atoms with Gasteiger partial charge in [-0.3, -0.25) is 4.79 Å². The number of aliphatic carboxylic acids is 1. The molecule has 114 valence electrons. The monoisotopic (exact) mass is 290 g/mol. The summed E-state index contributed by atoms with van der Waals surface area (Å²) in [5, 5.41) is 14.8. The number of rotatable bonds is 6. The molecule has 1 saturated carbocycles. The number of carboxylic acids is 1. The lowest BCUT2D eigenvalue weighted by atomic mass is 9.86. The maximum absolute atomic E-state index is 11.7. The Bertz CT molecular complexity index is 482. The minimum absolute atomic E-state index is 0.208. The average molecular weight is 290 g/mol. The first-order valence-electron chi connectivity index (χ1n) is 7.41. The van der Waals surface area contributed by atoms with E-state index in [1.807, 2.05) is 30.3 Å². The minimum Gasteiger partial charge on any atom is -0.481 e. The molecule has 1 fully saturated rings. The number of urea groups is 1. The molecule has 2 rings (SSSR count). The summed E-state index contributed by atoms with van der Waals surface area (Å²) in [7, 11) is 0. The number of nitrogens with one attached hydrogen (secondary N) is 2. The van der Waals surface area contributed by atoms with Gasteiger partial charge in [-0.25, -0.2) is 4.79 Å². The van der Waals surface area contributed by atoms with E-state index < -0.39 is 11.4 Å². The smallest absolute Gasteiger partial charge is 0.314 e. The van der Waals surface area contributed by atoms with Gasteiger partial charge in [-0.2, -0.15) is 0 Å². The lowest BCUT2D eigenvalue weighted by Gasteiger charge is -2.24. The molecular weight excluding hydrogens is 268 g/mol. The Morgan fingerprint density at radius 2 is 1.76 bits per heavy atom. The van der Waals surface area contributed by atoms with Crippen LogP contribution in [-0.2, 0) is 11.2 Å². The normalized spacial score (nSPS) is 16.4. The summed E-state index contributed by atoms with van der Waals surface area (Å²) in [6.45, 7) is 0.745. The maximum Gasteiger partial charge on any atom is 0.314 e.